The summed E-state index contributed by atoms with van der Waals surface area (Å²) in [6.07, 6.45) is 8.21. The van der Waals surface area contributed by atoms with Crippen molar-refractivity contribution >= 4 is 5.78 Å². The van der Waals surface area contributed by atoms with Crippen LogP contribution in [0.2, 0.25) is 0 Å². The summed E-state index contributed by atoms with van der Waals surface area (Å²) >= 11 is 0. The van der Waals surface area contributed by atoms with E-state index in [2.05, 4.69) is 34.1 Å². The normalized spacial score (nSPS) is 13.6. The molecule has 0 aliphatic carbocycles. The molecule has 0 saturated carbocycles. The minimum Gasteiger partial charge on any atom is -0.495 e. The lowest BCUT2D eigenvalue weighted by Gasteiger charge is -2.27. The third kappa shape index (κ3) is 3.69. The summed E-state index contributed by atoms with van der Waals surface area (Å²) in [6.45, 7) is 3.69. The summed E-state index contributed by atoms with van der Waals surface area (Å²) in [5.74, 6) is 0.606. The van der Waals surface area contributed by atoms with Crippen molar-refractivity contribution in [3.05, 3.63) is 89.6 Å². The number of fused-ring (bicyclic) bond motifs is 1. The largest absolute Gasteiger partial charge is 0.495 e. The number of carbonyl (C=O) groups is 1. The van der Waals surface area contributed by atoms with E-state index in [1.165, 1.54) is 11.1 Å². The number of imidazole rings is 1. The molecule has 5 nitrogen and oxygen atoms in total. The molecule has 0 amide bonds. The van der Waals surface area contributed by atoms with Gasteiger partial charge in [0.1, 0.15) is 5.75 Å². The van der Waals surface area contributed by atoms with E-state index in [1.807, 2.05) is 36.0 Å². The minimum absolute atomic E-state index is 0.0366. The van der Waals surface area contributed by atoms with Crippen molar-refractivity contribution in [2.45, 2.75) is 19.9 Å². The van der Waals surface area contributed by atoms with Crippen molar-refractivity contribution in [3.8, 4) is 11.4 Å². The van der Waals surface area contributed by atoms with E-state index in [1.54, 1.807) is 25.6 Å². The minimum atomic E-state index is -0.0366. The lowest BCUT2D eigenvalue weighted by molar-refractivity contribution is 0.104. The van der Waals surface area contributed by atoms with E-state index in [0.29, 0.717) is 11.3 Å². The summed E-state index contributed by atoms with van der Waals surface area (Å²) in [5, 5.41) is 0. The highest BCUT2D eigenvalue weighted by Crippen LogP contribution is 2.25. The van der Waals surface area contributed by atoms with Crippen molar-refractivity contribution in [1.29, 1.82) is 0 Å². The fourth-order valence-electron chi connectivity index (χ4n) is 3.51. The molecular weight excluding hydrogens is 350 g/mol. The van der Waals surface area contributed by atoms with E-state index >= 15 is 0 Å². The molecule has 2 heterocycles. The quantitative estimate of drug-likeness (QED) is 0.502. The first-order valence-electron chi connectivity index (χ1n) is 9.36. The molecule has 4 rings (SSSR count). The number of hydrogen-bond donors (Lipinski definition) is 0. The lowest BCUT2D eigenvalue weighted by Crippen LogP contribution is -2.25. The first-order valence-corrected chi connectivity index (χ1v) is 9.36. The zero-order valence-corrected chi connectivity index (χ0v) is 16.1. The average molecular weight is 373 g/mol. The van der Waals surface area contributed by atoms with Gasteiger partial charge in [-0.25, -0.2) is 4.98 Å². The predicted octanol–water partition coefficient (Wildman–Crippen LogP) is 3.94. The molecule has 0 saturated heterocycles. The van der Waals surface area contributed by atoms with Gasteiger partial charge in [-0.3, -0.25) is 4.79 Å². The number of ketones is 1. The molecular formula is C23H23N3O2. The average Bonchev–Trinajstić information content (AvgIpc) is 3.17. The molecule has 1 aliphatic heterocycles. The van der Waals surface area contributed by atoms with Crippen LogP contribution in [0.25, 0.3) is 5.69 Å². The van der Waals surface area contributed by atoms with Crippen LogP contribution in [-0.4, -0.2) is 33.9 Å². The molecule has 5 heteroatoms. The Kier molecular flexibility index (Phi) is 4.98. The monoisotopic (exact) mass is 373 g/mol. The van der Waals surface area contributed by atoms with E-state index in [-0.39, 0.29) is 5.78 Å². The smallest absolute Gasteiger partial charge is 0.187 e. The first-order chi connectivity index (χ1) is 13.6. The van der Waals surface area contributed by atoms with E-state index in [0.717, 1.165) is 30.9 Å². The number of rotatable bonds is 5. The van der Waals surface area contributed by atoms with Crippen molar-refractivity contribution in [1.82, 2.24) is 14.5 Å². The van der Waals surface area contributed by atoms with Crippen LogP contribution >= 0.6 is 0 Å². The summed E-state index contributed by atoms with van der Waals surface area (Å²) < 4.78 is 7.39. The Labute approximate surface area is 164 Å². The Hall–Kier alpha value is -3.34. The maximum Gasteiger partial charge on any atom is 0.187 e. The third-order valence-corrected chi connectivity index (χ3v) is 5.05. The zero-order chi connectivity index (χ0) is 19.5. The summed E-state index contributed by atoms with van der Waals surface area (Å²) in [5.41, 5.74) is 5.11. The Morgan fingerprint density at radius 1 is 1.18 bits per heavy atom. The maximum atomic E-state index is 12.7. The van der Waals surface area contributed by atoms with Crippen LogP contribution in [0.3, 0.4) is 0 Å². The molecule has 142 valence electrons. The number of allylic oxidation sites excluding steroid dienone is 1. The number of methoxy groups -OCH3 is 1. The zero-order valence-electron chi connectivity index (χ0n) is 16.1. The molecule has 0 atom stereocenters. The molecule has 28 heavy (non-hydrogen) atoms. The molecule has 0 fully saturated rings. The molecule has 0 bridgehead atoms. The number of aryl methyl sites for hydroxylation is 1. The summed E-state index contributed by atoms with van der Waals surface area (Å²) in [4.78, 5) is 19.1. The Morgan fingerprint density at radius 3 is 2.75 bits per heavy atom. The van der Waals surface area contributed by atoms with Crippen molar-refractivity contribution in [3.63, 3.8) is 0 Å². The number of nitrogens with zero attached hydrogens (tertiary/aromatic N) is 3. The lowest BCUT2D eigenvalue weighted by atomic mass is 10.0. The van der Waals surface area contributed by atoms with Gasteiger partial charge in [0.05, 0.1) is 24.8 Å². The second kappa shape index (κ2) is 7.72. The Morgan fingerprint density at radius 2 is 2.00 bits per heavy atom. The van der Waals surface area contributed by atoms with Gasteiger partial charge in [0.25, 0.3) is 0 Å². The van der Waals surface area contributed by atoms with Gasteiger partial charge in [0.15, 0.2) is 5.78 Å². The molecule has 2 aromatic carbocycles. The number of ether oxygens (including phenoxy) is 1. The van der Waals surface area contributed by atoms with Crippen molar-refractivity contribution < 1.29 is 9.53 Å². The Balaban J connectivity index is 1.50. The van der Waals surface area contributed by atoms with Crippen molar-refractivity contribution in [2.75, 3.05) is 13.7 Å². The fourth-order valence-corrected chi connectivity index (χ4v) is 3.51. The van der Waals surface area contributed by atoms with Gasteiger partial charge >= 0.3 is 0 Å². The van der Waals surface area contributed by atoms with Gasteiger partial charge in [0.2, 0.25) is 0 Å². The van der Waals surface area contributed by atoms with Gasteiger partial charge in [-0.05, 0) is 42.7 Å². The summed E-state index contributed by atoms with van der Waals surface area (Å²) in [7, 11) is 1.61. The first kappa shape index (κ1) is 18.0. The second-order valence-electron chi connectivity index (χ2n) is 6.98. The molecule has 0 spiro atoms. The number of benzene rings is 2. The van der Waals surface area contributed by atoms with Gasteiger partial charge in [-0.2, -0.15) is 0 Å². The highest BCUT2D eigenvalue weighted by molar-refractivity contribution is 6.04. The summed E-state index contributed by atoms with van der Waals surface area (Å²) in [6, 6.07) is 14.0. The Bertz CT molecular complexity index is 1040. The van der Waals surface area contributed by atoms with Gasteiger partial charge in [-0.15, -0.1) is 0 Å². The van der Waals surface area contributed by atoms with E-state index in [9.17, 15) is 4.79 Å². The van der Waals surface area contributed by atoms with Gasteiger partial charge in [-0.1, -0.05) is 24.3 Å². The van der Waals surface area contributed by atoms with Crippen LogP contribution in [0.5, 0.6) is 5.75 Å². The molecule has 1 aromatic heterocycles. The van der Waals surface area contributed by atoms with Gasteiger partial charge in [0, 0.05) is 37.1 Å². The predicted molar refractivity (Wildman–Crippen MR) is 109 cm³/mol. The number of aromatic nitrogens is 2. The van der Waals surface area contributed by atoms with E-state index in [4.69, 9.17) is 4.74 Å². The van der Waals surface area contributed by atoms with Crippen LogP contribution in [0.15, 0.2) is 67.3 Å². The molecule has 3 aromatic rings. The van der Waals surface area contributed by atoms with Crippen LogP contribution < -0.4 is 4.74 Å². The van der Waals surface area contributed by atoms with E-state index < -0.39 is 0 Å². The number of hydrogen-bond acceptors (Lipinski definition) is 4. The highest BCUT2D eigenvalue weighted by Gasteiger charge is 2.14. The molecule has 0 radical (unpaired) electrons. The van der Waals surface area contributed by atoms with Crippen LogP contribution in [-0.2, 0) is 13.0 Å². The maximum absolute atomic E-state index is 12.7. The molecule has 1 aliphatic rings. The molecule has 0 N–H and O–H groups in total. The highest BCUT2D eigenvalue weighted by atomic mass is 16.5. The fraction of sp³-hybridized carbons (Fsp3) is 0.217. The standard InChI is InChI=1S/C23H23N3O2/c1-17-14-26(16-24-17)21-8-7-19(13-23(21)28-2)22(27)10-12-25-11-9-18-5-3-4-6-20(18)15-25/h3-8,10,12-14,16H,9,11,15H2,1-2H3/b12-10+. The number of carbonyl (C=O) groups excluding carboxylic acids is 1. The topological polar surface area (TPSA) is 47.4 Å². The molecule has 0 unspecified atom stereocenters. The second-order valence-corrected chi connectivity index (χ2v) is 6.98. The van der Waals surface area contributed by atoms with Crippen molar-refractivity contribution in [2.24, 2.45) is 0 Å². The van der Waals surface area contributed by atoms with Crippen LogP contribution in [0.1, 0.15) is 27.2 Å². The van der Waals surface area contributed by atoms with Crippen LogP contribution in [0.4, 0.5) is 0 Å². The van der Waals surface area contributed by atoms with Gasteiger partial charge < -0.3 is 14.2 Å². The SMILES string of the molecule is COc1cc(C(=O)/C=C/N2CCc3ccccc3C2)ccc1-n1cnc(C)c1. The third-order valence-electron chi connectivity index (χ3n) is 5.05. The van der Waals surface area contributed by atoms with Crippen LogP contribution in [0, 0.1) is 6.92 Å².